The summed E-state index contributed by atoms with van der Waals surface area (Å²) in [5, 5.41) is 0. The van der Waals surface area contributed by atoms with E-state index in [0.717, 1.165) is 29.6 Å². The van der Waals surface area contributed by atoms with Crippen LogP contribution >= 0.6 is 0 Å². The van der Waals surface area contributed by atoms with Gasteiger partial charge < -0.3 is 5.73 Å². The van der Waals surface area contributed by atoms with Crippen LogP contribution < -0.4 is 5.73 Å². The Bertz CT molecular complexity index is 540. The summed E-state index contributed by atoms with van der Waals surface area (Å²) in [6.45, 7) is 8.69. The minimum absolute atomic E-state index is 0.333. The second-order valence-electron chi connectivity index (χ2n) is 4.96. The minimum atomic E-state index is 0.333. The van der Waals surface area contributed by atoms with Crippen molar-refractivity contribution < 1.29 is 0 Å². The summed E-state index contributed by atoms with van der Waals surface area (Å²) in [7, 11) is 0. The van der Waals surface area contributed by atoms with Gasteiger partial charge in [-0.05, 0) is 31.4 Å². The molecule has 4 nitrogen and oxygen atoms in total. The number of hydrogen-bond donors (Lipinski definition) is 1. The van der Waals surface area contributed by atoms with E-state index >= 15 is 0 Å². The molecule has 1 unspecified atom stereocenters. The van der Waals surface area contributed by atoms with Crippen molar-refractivity contribution in [3.63, 3.8) is 0 Å². The van der Waals surface area contributed by atoms with E-state index in [-0.39, 0.29) is 0 Å². The molecule has 0 fully saturated rings. The zero-order valence-electron chi connectivity index (χ0n) is 11.6. The summed E-state index contributed by atoms with van der Waals surface area (Å²) in [4.78, 5) is 8.92. The van der Waals surface area contributed by atoms with Gasteiger partial charge in [-0.2, -0.15) is 0 Å². The summed E-state index contributed by atoms with van der Waals surface area (Å²) < 4.78 is 2.08. The van der Waals surface area contributed by atoms with Crippen LogP contribution in [0.25, 0.3) is 11.2 Å². The van der Waals surface area contributed by atoms with E-state index in [4.69, 9.17) is 5.73 Å². The number of imidazole rings is 1. The van der Waals surface area contributed by atoms with Crippen LogP contribution in [0.15, 0.2) is 12.3 Å². The van der Waals surface area contributed by atoms with Crippen molar-refractivity contribution in [3.05, 3.63) is 17.8 Å². The van der Waals surface area contributed by atoms with Gasteiger partial charge in [0.15, 0.2) is 5.65 Å². The van der Waals surface area contributed by atoms with Gasteiger partial charge in [0, 0.05) is 12.2 Å². The van der Waals surface area contributed by atoms with E-state index in [2.05, 4.69) is 35.3 Å². The van der Waals surface area contributed by atoms with E-state index in [9.17, 15) is 0 Å². The molecule has 0 saturated carbocycles. The molecule has 2 rings (SSSR count). The molecule has 2 heterocycles. The molecule has 2 aromatic rings. The standard InChI is InChI=1S/C14H22N4/c1-5-11(6-2)10(4)18-13-12(17-14(18)15)9(3)7-8-16-13/h7-8,10-11H,5-6H2,1-4H3,(H2,15,17). The summed E-state index contributed by atoms with van der Waals surface area (Å²) in [6.07, 6.45) is 4.11. The number of pyridine rings is 1. The highest BCUT2D eigenvalue weighted by Crippen LogP contribution is 2.30. The van der Waals surface area contributed by atoms with Gasteiger partial charge in [-0.1, -0.05) is 26.7 Å². The lowest BCUT2D eigenvalue weighted by Gasteiger charge is -2.23. The van der Waals surface area contributed by atoms with E-state index in [1.54, 1.807) is 0 Å². The minimum Gasteiger partial charge on any atom is -0.369 e. The Labute approximate surface area is 108 Å². The Balaban J connectivity index is 2.57. The zero-order valence-corrected chi connectivity index (χ0v) is 11.6. The molecular weight excluding hydrogens is 224 g/mol. The largest absolute Gasteiger partial charge is 0.369 e. The van der Waals surface area contributed by atoms with E-state index in [0.29, 0.717) is 17.9 Å². The van der Waals surface area contributed by atoms with Crippen molar-refractivity contribution >= 4 is 17.1 Å². The van der Waals surface area contributed by atoms with Crippen LogP contribution in [0.1, 0.15) is 45.2 Å². The van der Waals surface area contributed by atoms with Crippen molar-refractivity contribution in [1.29, 1.82) is 0 Å². The fraction of sp³-hybridized carbons (Fsp3) is 0.571. The summed E-state index contributed by atoms with van der Waals surface area (Å²) in [5.41, 5.74) is 9.04. The molecule has 1 atom stereocenters. The molecule has 0 aliphatic carbocycles. The number of hydrogen-bond acceptors (Lipinski definition) is 3. The third-order valence-corrected chi connectivity index (χ3v) is 3.95. The van der Waals surface area contributed by atoms with Crippen molar-refractivity contribution in [2.75, 3.05) is 5.73 Å². The van der Waals surface area contributed by atoms with E-state index < -0.39 is 0 Å². The summed E-state index contributed by atoms with van der Waals surface area (Å²) in [5.74, 6) is 1.18. The molecule has 0 bridgehead atoms. The maximum absolute atomic E-state index is 6.08. The fourth-order valence-electron chi connectivity index (χ4n) is 2.71. The number of nitrogens with two attached hydrogens (primary N) is 1. The Hall–Kier alpha value is -1.58. The Morgan fingerprint density at radius 2 is 2.00 bits per heavy atom. The molecule has 98 valence electrons. The van der Waals surface area contributed by atoms with Crippen molar-refractivity contribution in [2.24, 2.45) is 5.92 Å². The lowest BCUT2D eigenvalue weighted by Crippen LogP contribution is -2.17. The molecule has 4 heteroatoms. The van der Waals surface area contributed by atoms with E-state index in [1.807, 2.05) is 19.2 Å². The summed E-state index contributed by atoms with van der Waals surface area (Å²) >= 11 is 0. The van der Waals surface area contributed by atoms with Crippen LogP contribution in [0.3, 0.4) is 0 Å². The highest BCUT2D eigenvalue weighted by Gasteiger charge is 2.21. The smallest absolute Gasteiger partial charge is 0.202 e. The second-order valence-corrected chi connectivity index (χ2v) is 4.96. The first kappa shape index (κ1) is 12.9. The fourth-order valence-corrected chi connectivity index (χ4v) is 2.71. The Morgan fingerprint density at radius 1 is 1.33 bits per heavy atom. The average molecular weight is 246 g/mol. The quantitative estimate of drug-likeness (QED) is 0.900. The van der Waals surface area contributed by atoms with Gasteiger partial charge in [-0.15, -0.1) is 0 Å². The number of fused-ring (bicyclic) bond motifs is 1. The number of aryl methyl sites for hydroxylation is 1. The lowest BCUT2D eigenvalue weighted by atomic mass is 9.95. The second kappa shape index (κ2) is 4.96. The molecule has 0 saturated heterocycles. The van der Waals surface area contributed by atoms with Crippen LogP contribution in [0.2, 0.25) is 0 Å². The summed E-state index contributed by atoms with van der Waals surface area (Å²) in [6, 6.07) is 2.31. The Kier molecular flexibility index (Phi) is 3.55. The van der Waals surface area contributed by atoms with Crippen LogP contribution in [0, 0.1) is 12.8 Å². The van der Waals surface area contributed by atoms with E-state index in [1.165, 1.54) is 0 Å². The number of anilines is 1. The zero-order chi connectivity index (χ0) is 13.3. The highest BCUT2D eigenvalue weighted by molar-refractivity contribution is 5.77. The number of aromatic nitrogens is 3. The first-order valence-corrected chi connectivity index (χ1v) is 6.69. The molecule has 2 aromatic heterocycles. The molecule has 0 radical (unpaired) electrons. The maximum atomic E-state index is 6.08. The SMILES string of the molecule is CCC(CC)C(C)n1c(N)nc2c(C)ccnc21. The lowest BCUT2D eigenvalue weighted by molar-refractivity contribution is 0.341. The molecule has 0 aliphatic rings. The van der Waals surface area contributed by atoms with Crippen molar-refractivity contribution in [2.45, 2.75) is 46.6 Å². The van der Waals surface area contributed by atoms with Gasteiger partial charge in [0.25, 0.3) is 0 Å². The molecule has 0 spiro atoms. The highest BCUT2D eigenvalue weighted by atomic mass is 15.2. The van der Waals surface area contributed by atoms with Gasteiger partial charge in [-0.25, -0.2) is 9.97 Å². The predicted octanol–water partition coefficient (Wildman–Crippen LogP) is 3.32. The third-order valence-electron chi connectivity index (χ3n) is 3.95. The molecule has 0 amide bonds. The van der Waals surface area contributed by atoms with Crippen molar-refractivity contribution in [3.8, 4) is 0 Å². The van der Waals surface area contributed by atoms with Gasteiger partial charge in [0.05, 0.1) is 0 Å². The first-order valence-electron chi connectivity index (χ1n) is 6.69. The monoisotopic (exact) mass is 246 g/mol. The molecule has 18 heavy (non-hydrogen) atoms. The van der Waals surface area contributed by atoms with Crippen LogP contribution in [-0.4, -0.2) is 14.5 Å². The first-order chi connectivity index (χ1) is 8.60. The van der Waals surface area contributed by atoms with Gasteiger partial charge >= 0.3 is 0 Å². The predicted molar refractivity (Wildman–Crippen MR) is 75.5 cm³/mol. The molecular formula is C14H22N4. The molecule has 2 N–H and O–H groups in total. The number of nitrogens with zero attached hydrogens (tertiary/aromatic N) is 3. The number of nitrogen functional groups attached to an aromatic ring is 1. The average Bonchev–Trinajstić information content (AvgIpc) is 2.68. The molecule has 0 aromatic carbocycles. The normalized spacial score (nSPS) is 13.4. The van der Waals surface area contributed by atoms with Crippen LogP contribution in [0.5, 0.6) is 0 Å². The van der Waals surface area contributed by atoms with Gasteiger partial charge in [-0.3, -0.25) is 4.57 Å². The Morgan fingerprint density at radius 3 is 2.61 bits per heavy atom. The van der Waals surface area contributed by atoms with Gasteiger partial charge in [0.2, 0.25) is 5.95 Å². The van der Waals surface area contributed by atoms with Crippen LogP contribution in [0.4, 0.5) is 5.95 Å². The topological polar surface area (TPSA) is 56.7 Å². The van der Waals surface area contributed by atoms with Gasteiger partial charge in [0.1, 0.15) is 5.52 Å². The third kappa shape index (κ3) is 1.96. The van der Waals surface area contributed by atoms with Crippen molar-refractivity contribution in [1.82, 2.24) is 14.5 Å². The maximum Gasteiger partial charge on any atom is 0.202 e. The molecule has 0 aliphatic heterocycles. The van der Waals surface area contributed by atoms with Crippen LogP contribution in [-0.2, 0) is 0 Å². The number of rotatable bonds is 4.